The summed E-state index contributed by atoms with van der Waals surface area (Å²) in [6.07, 6.45) is 1.04. The van der Waals surface area contributed by atoms with Gasteiger partial charge in [-0.3, -0.25) is 9.10 Å². The van der Waals surface area contributed by atoms with Crippen molar-refractivity contribution >= 4 is 21.7 Å². The molecule has 1 rings (SSSR count). The van der Waals surface area contributed by atoms with E-state index in [2.05, 4.69) is 0 Å². The van der Waals surface area contributed by atoms with Crippen molar-refractivity contribution < 1.29 is 18.3 Å². The van der Waals surface area contributed by atoms with Crippen molar-refractivity contribution in [1.29, 1.82) is 0 Å². The molecule has 7 heteroatoms. The van der Waals surface area contributed by atoms with Gasteiger partial charge in [0.1, 0.15) is 6.04 Å². The number of hydrogen-bond acceptors (Lipinski definition) is 4. The number of aliphatic carboxylic acids is 1. The van der Waals surface area contributed by atoms with Crippen molar-refractivity contribution in [2.24, 2.45) is 5.73 Å². The Bertz CT molecular complexity index is 527. The summed E-state index contributed by atoms with van der Waals surface area (Å²) < 4.78 is 23.8. The predicted molar refractivity (Wildman–Crippen MR) is 64.3 cm³/mol. The van der Waals surface area contributed by atoms with Crippen LogP contribution in [0.15, 0.2) is 24.3 Å². The molecule has 0 bridgehead atoms. The molecule has 0 heterocycles. The van der Waals surface area contributed by atoms with Crippen molar-refractivity contribution in [3.05, 3.63) is 29.8 Å². The van der Waals surface area contributed by atoms with Gasteiger partial charge in [0, 0.05) is 12.6 Å². The first kappa shape index (κ1) is 13.5. The number of carboxylic acid groups (broad SMARTS) is 1. The summed E-state index contributed by atoms with van der Waals surface area (Å²) >= 11 is 0. The highest BCUT2D eigenvalue weighted by atomic mass is 32.2. The molecule has 0 fully saturated rings. The Morgan fingerprint density at radius 1 is 1.41 bits per heavy atom. The standard InChI is InChI=1S/C10H14N2O4S/c1-12(17(2,15)16)8-6-4-3-5-7(8)9(11)10(13)14/h3-6,9H,11H2,1-2H3,(H,13,14). The molecule has 0 aromatic heterocycles. The third kappa shape index (κ3) is 2.95. The second-order valence-corrected chi connectivity index (χ2v) is 5.62. The average Bonchev–Trinajstić information content (AvgIpc) is 2.25. The lowest BCUT2D eigenvalue weighted by molar-refractivity contribution is -0.138. The van der Waals surface area contributed by atoms with Gasteiger partial charge in [-0.25, -0.2) is 8.42 Å². The van der Waals surface area contributed by atoms with Crippen molar-refractivity contribution in [3.8, 4) is 0 Å². The predicted octanol–water partition coefficient (Wildman–Crippen LogP) is 0.167. The van der Waals surface area contributed by atoms with Gasteiger partial charge in [-0.05, 0) is 6.07 Å². The maximum atomic E-state index is 11.4. The molecular formula is C10H14N2O4S. The van der Waals surface area contributed by atoms with E-state index in [4.69, 9.17) is 10.8 Å². The van der Waals surface area contributed by atoms with Crippen LogP contribution >= 0.6 is 0 Å². The topological polar surface area (TPSA) is 101 Å². The maximum absolute atomic E-state index is 11.4. The Morgan fingerprint density at radius 3 is 2.41 bits per heavy atom. The number of rotatable bonds is 4. The largest absolute Gasteiger partial charge is 0.480 e. The van der Waals surface area contributed by atoms with Gasteiger partial charge in [-0.15, -0.1) is 0 Å². The van der Waals surface area contributed by atoms with Gasteiger partial charge in [0.05, 0.1) is 11.9 Å². The molecule has 1 atom stereocenters. The third-order valence-corrected chi connectivity index (χ3v) is 3.57. The van der Waals surface area contributed by atoms with Crippen LogP contribution in [0.4, 0.5) is 5.69 Å². The number of sulfonamides is 1. The zero-order valence-electron chi connectivity index (χ0n) is 9.49. The lowest BCUT2D eigenvalue weighted by Crippen LogP contribution is -2.29. The second-order valence-electron chi connectivity index (χ2n) is 3.61. The van der Waals surface area contributed by atoms with E-state index < -0.39 is 22.0 Å². The van der Waals surface area contributed by atoms with E-state index in [0.717, 1.165) is 10.6 Å². The summed E-state index contributed by atoms with van der Waals surface area (Å²) in [4.78, 5) is 10.8. The number of hydrogen-bond donors (Lipinski definition) is 2. The van der Waals surface area contributed by atoms with Crippen molar-refractivity contribution in [2.75, 3.05) is 17.6 Å². The van der Waals surface area contributed by atoms with Crippen LogP contribution in [0.1, 0.15) is 11.6 Å². The van der Waals surface area contributed by atoms with E-state index >= 15 is 0 Å². The number of anilines is 1. The summed E-state index contributed by atoms with van der Waals surface area (Å²) in [5.74, 6) is -1.21. The highest BCUT2D eigenvalue weighted by molar-refractivity contribution is 7.92. The normalized spacial score (nSPS) is 13.1. The molecule has 17 heavy (non-hydrogen) atoms. The van der Waals surface area contributed by atoms with Crippen molar-refractivity contribution in [1.82, 2.24) is 0 Å². The quantitative estimate of drug-likeness (QED) is 0.801. The fourth-order valence-corrected chi connectivity index (χ4v) is 1.87. The number of para-hydroxylation sites is 1. The van der Waals surface area contributed by atoms with Gasteiger partial charge in [0.25, 0.3) is 0 Å². The molecule has 0 radical (unpaired) electrons. The lowest BCUT2D eigenvalue weighted by Gasteiger charge is -2.21. The molecule has 0 aliphatic heterocycles. The lowest BCUT2D eigenvalue weighted by atomic mass is 10.1. The van der Waals surface area contributed by atoms with Gasteiger partial charge >= 0.3 is 5.97 Å². The molecule has 0 aliphatic rings. The highest BCUT2D eigenvalue weighted by Gasteiger charge is 2.22. The van der Waals surface area contributed by atoms with Gasteiger partial charge < -0.3 is 10.8 Å². The van der Waals surface area contributed by atoms with Crippen LogP contribution in [0.5, 0.6) is 0 Å². The average molecular weight is 258 g/mol. The first-order valence-electron chi connectivity index (χ1n) is 4.76. The smallest absolute Gasteiger partial charge is 0.325 e. The molecule has 0 saturated heterocycles. The zero-order valence-corrected chi connectivity index (χ0v) is 10.3. The summed E-state index contributed by atoms with van der Waals surface area (Å²) in [6.45, 7) is 0. The Labute approximate surface area is 99.7 Å². The van der Waals surface area contributed by atoms with E-state index in [1.165, 1.54) is 19.2 Å². The van der Waals surface area contributed by atoms with E-state index in [0.29, 0.717) is 0 Å². The Balaban J connectivity index is 3.31. The summed E-state index contributed by atoms with van der Waals surface area (Å²) in [5.41, 5.74) is 6.02. The van der Waals surface area contributed by atoms with Crippen LogP contribution < -0.4 is 10.0 Å². The van der Waals surface area contributed by atoms with Crippen LogP contribution in [-0.4, -0.2) is 32.8 Å². The van der Waals surface area contributed by atoms with Gasteiger partial charge in [-0.2, -0.15) is 0 Å². The van der Waals surface area contributed by atoms with E-state index in [9.17, 15) is 13.2 Å². The van der Waals surface area contributed by atoms with E-state index in [1.807, 2.05) is 0 Å². The van der Waals surface area contributed by atoms with Crippen LogP contribution in [0.2, 0.25) is 0 Å². The molecule has 94 valence electrons. The highest BCUT2D eigenvalue weighted by Crippen LogP contribution is 2.25. The molecular weight excluding hydrogens is 244 g/mol. The van der Waals surface area contributed by atoms with Crippen molar-refractivity contribution in [3.63, 3.8) is 0 Å². The molecule has 0 aliphatic carbocycles. The third-order valence-electron chi connectivity index (χ3n) is 2.37. The molecule has 6 nitrogen and oxygen atoms in total. The maximum Gasteiger partial charge on any atom is 0.325 e. The van der Waals surface area contributed by atoms with Gasteiger partial charge in [-0.1, -0.05) is 18.2 Å². The number of nitrogens with two attached hydrogens (primary N) is 1. The summed E-state index contributed by atoms with van der Waals surface area (Å²) in [7, 11) is -2.10. The van der Waals surface area contributed by atoms with Crippen LogP contribution in [0.3, 0.4) is 0 Å². The number of benzene rings is 1. The molecule has 1 aromatic rings. The molecule has 1 aromatic carbocycles. The summed E-state index contributed by atoms with van der Waals surface area (Å²) in [5, 5.41) is 8.85. The van der Waals surface area contributed by atoms with E-state index in [1.54, 1.807) is 12.1 Å². The Hall–Kier alpha value is -1.60. The fraction of sp³-hybridized carbons (Fsp3) is 0.300. The minimum Gasteiger partial charge on any atom is -0.480 e. The Kier molecular flexibility index (Phi) is 3.74. The summed E-state index contributed by atoms with van der Waals surface area (Å²) in [6, 6.07) is 4.98. The SMILES string of the molecule is CN(c1ccccc1C(N)C(=O)O)S(C)(=O)=O. The second kappa shape index (κ2) is 4.72. The number of nitrogens with zero attached hydrogens (tertiary/aromatic N) is 1. The van der Waals surface area contributed by atoms with Crippen LogP contribution in [-0.2, 0) is 14.8 Å². The fourth-order valence-electron chi connectivity index (χ4n) is 1.35. The molecule has 0 saturated carbocycles. The van der Waals surface area contributed by atoms with Gasteiger partial charge in [0.15, 0.2) is 0 Å². The van der Waals surface area contributed by atoms with Crippen molar-refractivity contribution in [2.45, 2.75) is 6.04 Å². The Morgan fingerprint density at radius 2 is 1.94 bits per heavy atom. The molecule has 0 amide bonds. The van der Waals surface area contributed by atoms with Gasteiger partial charge in [0.2, 0.25) is 10.0 Å². The number of carbonyl (C=O) groups is 1. The van der Waals surface area contributed by atoms with Crippen LogP contribution in [0, 0.1) is 0 Å². The molecule has 3 N–H and O–H groups in total. The molecule has 1 unspecified atom stereocenters. The zero-order chi connectivity index (χ0) is 13.2. The number of carboxylic acids is 1. The molecule has 0 spiro atoms. The first-order chi connectivity index (χ1) is 7.75. The minimum atomic E-state index is -3.45. The van der Waals surface area contributed by atoms with E-state index in [-0.39, 0.29) is 11.3 Å². The monoisotopic (exact) mass is 258 g/mol. The minimum absolute atomic E-state index is 0.257. The van der Waals surface area contributed by atoms with Crippen LogP contribution in [0.25, 0.3) is 0 Å². The first-order valence-corrected chi connectivity index (χ1v) is 6.61.